The molecule has 2 saturated heterocycles. The number of rotatable bonds is 3. The quantitative estimate of drug-likeness (QED) is 0.676. The zero-order chi connectivity index (χ0) is 23.2. The summed E-state index contributed by atoms with van der Waals surface area (Å²) in [5.41, 5.74) is 2.62. The maximum absolute atomic E-state index is 13.3. The molecule has 2 fully saturated rings. The Morgan fingerprint density at radius 3 is 2.79 bits per heavy atom. The molecule has 10 heteroatoms. The molecule has 0 radical (unpaired) electrons. The van der Waals surface area contributed by atoms with E-state index in [1.54, 1.807) is 12.3 Å². The molecular formula is C23H29N5O5. The summed E-state index contributed by atoms with van der Waals surface area (Å²) >= 11 is 0. The number of likely N-dealkylation sites (tertiary alicyclic amines) is 1. The molecule has 0 aliphatic carbocycles. The van der Waals surface area contributed by atoms with Crippen molar-refractivity contribution in [3.05, 3.63) is 57.8 Å². The topological polar surface area (TPSA) is 118 Å². The van der Waals surface area contributed by atoms with Gasteiger partial charge in [0.25, 0.3) is 17.9 Å². The van der Waals surface area contributed by atoms with Gasteiger partial charge >= 0.3 is 0 Å². The number of amides is 1. The van der Waals surface area contributed by atoms with Crippen LogP contribution in [0.5, 0.6) is 0 Å². The lowest BCUT2D eigenvalue weighted by Gasteiger charge is -2.43. The van der Waals surface area contributed by atoms with E-state index in [9.17, 15) is 9.59 Å². The van der Waals surface area contributed by atoms with Gasteiger partial charge < -0.3 is 19.3 Å². The van der Waals surface area contributed by atoms with Gasteiger partial charge in [0.2, 0.25) is 0 Å². The fraction of sp³-hybridized carbons (Fsp3) is 0.522. The van der Waals surface area contributed by atoms with Crippen molar-refractivity contribution in [2.45, 2.75) is 31.8 Å². The monoisotopic (exact) mass is 455 g/mol. The number of hydrogen-bond donors (Lipinski definition) is 1. The number of ether oxygens (including phenoxy) is 1. The van der Waals surface area contributed by atoms with Crippen LogP contribution in [-0.2, 0) is 22.6 Å². The SMILES string of the molecule is O=C(c1ccnnc1)N1C[C@@H]2C[C@H](C1)c1ccc(CN3CCCOCC3)c(=O)n1C2.O=CO. The van der Waals surface area contributed by atoms with Crippen molar-refractivity contribution in [2.24, 2.45) is 5.92 Å². The molecule has 33 heavy (non-hydrogen) atoms. The van der Waals surface area contributed by atoms with Gasteiger partial charge in [-0.2, -0.15) is 10.2 Å². The predicted octanol–water partition coefficient (Wildman–Crippen LogP) is 0.821. The fourth-order valence-electron chi connectivity index (χ4n) is 5.07. The molecule has 2 atom stereocenters. The summed E-state index contributed by atoms with van der Waals surface area (Å²) in [5, 5.41) is 14.5. The highest BCUT2D eigenvalue weighted by Crippen LogP contribution is 2.35. The highest BCUT2D eigenvalue weighted by Gasteiger charge is 2.37. The van der Waals surface area contributed by atoms with Crippen molar-refractivity contribution in [2.75, 3.05) is 39.4 Å². The second-order valence-corrected chi connectivity index (χ2v) is 8.69. The molecule has 2 aromatic rings. The third-order valence-corrected chi connectivity index (χ3v) is 6.51. The summed E-state index contributed by atoms with van der Waals surface area (Å²) in [5.74, 6) is 0.495. The van der Waals surface area contributed by atoms with E-state index in [-0.39, 0.29) is 23.9 Å². The van der Waals surface area contributed by atoms with Crippen LogP contribution >= 0.6 is 0 Å². The first-order chi connectivity index (χ1) is 16.1. The first kappa shape index (κ1) is 23.1. The van der Waals surface area contributed by atoms with Gasteiger partial charge in [-0.25, -0.2) is 0 Å². The summed E-state index contributed by atoms with van der Waals surface area (Å²) in [6.45, 7) is 5.79. The number of carbonyl (C=O) groups excluding carboxylic acids is 1. The number of pyridine rings is 1. The Bertz CT molecular complexity index is 1020. The Labute approximate surface area is 191 Å². The molecule has 3 aliphatic heterocycles. The molecule has 0 saturated carbocycles. The lowest BCUT2D eigenvalue weighted by molar-refractivity contribution is -0.122. The number of nitrogens with zero attached hydrogens (tertiary/aromatic N) is 5. The third-order valence-electron chi connectivity index (χ3n) is 6.51. The van der Waals surface area contributed by atoms with E-state index in [2.05, 4.69) is 21.2 Å². The summed E-state index contributed by atoms with van der Waals surface area (Å²) in [6.07, 6.45) is 5.10. The van der Waals surface area contributed by atoms with Gasteiger partial charge in [0.05, 0.1) is 24.6 Å². The maximum atomic E-state index is 13.3. The summed E-state index contributed by atoms with van der Waals surface area (Å²) in [4.78, 5) is 38.7. The lowest BCUT2D eigenvalue weighted by atomic mass is 9.82. The van der Waals surface area contributed by atoms with Crippen LogP contribution in [0.2, 0.25) is 0 Å². The van der Waals surface area contributed by atoms with Crippen LogP contribution in [0.3, 0.4) is 0 Å². The second kappa shape index (κ2) is 10.7. The molecule has 0 aromatic carbocycles. The zero-order valence-electron chi connectivity index (χ0n) is 18.5. The largest absolute Gasteiger partial charge is 0.483 e. The zero-order valence-corrected chi connectivity index (χ0v) is 18.5. The molecule has 5 heterocycles. The average molecular weight is 456 g/mol. The van der Waals surface area contributed by atoms with Crippen LogP contribution < -0.4 is 5.56 Å². The number of piperidine rings is 1. The Balaban J connectivity index is 0.000000821. The van der Waals surface area contributed by atoms with Crippen molar-refractivity contribution in [3.63, 3.8) is 0 Å². The Kier molecular flexibility index (Phi) is 7.46. The molecule has 1 amide bonds. The van der Waals surface area contributed by atoms with E-state index in [4.69, 9.17) is 14.6 Å². The molecule has 0 unspecified atom stereocenters. The Hall–Kier alpha value is -3.11. The highest BCUT2D eigenvalue weighted by atomic mass is 16.5. The first-order valence-corrected chi connectivity index (χ1v) is 11.3. The molecule has 3 aliphatic rings. The van der Waals surface area contributed by atoms with E-state index >= 15 is 0 Å². The molecular weight excluding hydrogens is 426 g/mol. The number of carbonyl (C=O) groups is 2. The molecule has 2 aromatic heterocycles. The minimum atomic E-state index is -0.250. The highest BCUT2D eigenvalue weighted by molar-refractivity contribution is 5.93. The minimum Gasteiger partial charge on any atom is -0.483 e. The molecule has 1 N–H and O–H groups in total. The van der Waals surface area contributed by atoms with Crippen molar-refractivity contribution >= 4 is 12.4 Å². The lowest BCUT2D eigenvalue weighted by Crippen LogP contribution is -2.49. The number of hydrogen-bond acceptors (Lipinski definition) is 7. The molecule has 176 valence electrons. The number of aromatic nitrogens is 3. The second-order valence-electron chi connectivity index (χ2n) is 8.69. The van der Waals surface area contributed by atoms with E-state index in [1.165, 1.54) is 6.20 Å². The van der Waals surface area contributed by atoms with Crippen LogP contribution in [0.15, 0.2) is 35.4 Å². The third kappa shape index (κ3) is 5.28. The Morgan fingerprint density at radius 1 is 1.15 bits per heavy atom. The molecule has 5 rings (SSSR count). The van der Waals surface area contributed by atoms with E-state index in [0.29, 0.717) is 37.7 Å². The smallest absolute Gasteiger partial charge is 0.290 e. The van der Waals surface area contributed by atoms with Gasteiger partial charge in [0.15, 0.2) is 0 Å². The van der Waals surface area contributed by atoms with E-state index < -0.39 is 0 Å². The van der Waals surface area contributed by atoms with Gasteiger partial charge in [-0.05, 0) is 30.9 Å². The van der Waals surface area contributed by atoms with Crippen molar-refractivity contribution in [1.29, 1.82) is 0 Å². The van der Waals surface area contributed by atoms with Gasteiger partial charge in [0.1, 0.15) is 0 Å². The van der Waals surface area contributed by atoms with Crippen LogP contribution in [-0.4, -0.2) is 81.4 Å². The Morgan fingerprint density at radius 2 is 2.00 bits per heavy atom. The average Bonchev–Trinajstić information content (AvgIpc) is 3.10. The standard InChI is InChI=1S/C22H27N5O3.CH2O2/c28-21(17-4-5-23-24-11-17)26-12-16-10-19(15-26)20-3-2-18(22(29)27(20)13-16)14-25-6-1-8-30-9-7-25;2-1-3/h2-5,11,16,19H,1,6-10,12-15H2;1H,(H,2,3)/t16-,19+;/m0./s1. The molecule has 10 nitrogen and oxygen atoms in total. The number of carboxylic acid groups (broad SMARTS) is 1. The van der Waals surface area contributed by atoms with E-state index in [1.807, 2.05) is 15.5 Å². The van der Waals surface area contributed by atoms with E-state index in [0.717, 1.165) is 50.4 Å². The number of fused-ring (bicyclic) bond motifs is 4. The van der Waals surface area contributed by atoms with Crippen LogP contribution in [0.4, 0.5) is 0 Å². The van der Waals surface area contributed by atoms with Crippen LogP contribution in [0, 0.1) is 5.92 Å². The van der Waals surface area contributed by atoms with Crippen molar-refractivity contribution in [1.82, 2.24) is 24.6 Å². The summed E-state index contributed by atoms with van der Waals surface area (Å²) in [7, 11) is 0. The van der Waals surface area contributed by atoms with Gasteiger partial charge in [-0.3, -0.25) is 19.3 Å². The summed E-state index contributed by atoms with van der Waals surface area (Å²) < 4.78 is 7.50. The van der Waals surface area contributed by atoms with Crippen molar-refractivity contribution in [3.8, 4) is 0 Å². The minimum absolute atomic E-state index is 0.00426. The normalized spacial score (nSPS) is 22.4. The van der Waals surface area contributed by atoms with Gasteiger partial charge in [-0.1, -0.05) is 6.07 Å². The van der Waals surface area contributed by atoms with Crippen molar-refractivity contribution < 1.29 is 19.4 Å². The fourth-order valence-corrected chi connectivity index (χ4v) is 5.07. The first-order valence-electron chi connectivity index (χ1n) is 11.3. The van der Waals surface area contributed by atoms with Crippen LogP contribution in [0.25, 0.3) is 0 Å². The maximum Gasteiger partial charge on any atom is 0.290 e. The summed E-state index contributed by atoms with van der Waals surface area (Å²) in [6, 6.07) is 5.81. The van der Waals surface area contributed by atoms with Crippen LogP contribution in [0.1, 0.15) is 40.4 Å². The van der Waals surface area contributed by atoms with Gasteiger partial charge in [0, 0.05) is 63.1 Å². The predicted molar refractivity (Wildman–Crippen MR) is 119 cm³/mol. The molecule has 2 bridgehead atoms. The molecule has 0 spiro atoms. The van der Waals surface area contributed by atoms with Gasteiger partial charge in [-0.15, -0.1) is 0 Å².